The van der Waals surface area contributed by atoms with Gasteiger partial charge >= 0.3 is 0 Å². The van der Waals surface area contributed by atoms with E-state index in [2.05, 4.69) is 55.6 Å². The maximum absolute atomic E-state index is 5.48. The summed E-state index contributed by atoms with van der Waals surface area (Å²) in [4.78, 5) is 6.00. The molecule has 0 amide bonds. The zero-order valence-electron chi connectivity index (χ0n) is 11.9. The Morgan fingerprint density at radius 1 is 1.18 bits per heavy atom. The predicted octanol–water partition coefficient (Wildman–Crippen LogP) is 5.15. The molecule has 3 nitrogen and oxygen atoms in total. The number of para-hydroxylation sites is 1. The fourth-order valence-corrected chi connectivity index (χ4v) is 4.26. The van der Waals surface area contributed by atoms with Crippen LogP contribution >= 0.6 is 34.2 Å². The second kappa shape index (κ2) is 5.55. The summed E-state index contributed by atoms with van der Waals surface area (Å²) in [5, 5.41) is 0.977. The molecule has 0 unspecified atom stereocenters. The van der Waals surface area contributed by atoms with Crippen LogP contribution in [0.3, 0.4) is 0 Å². The molecule has 1 aromatic heterocycles. The Morgan fingerprint density at radius 3 is 2.86 bits per heavy atom. The average Bonchev–Trinajstić information content (AvgIpc) is 3.11. The molecule has 0 bridgehead atoms. The van der Waals surface area contributed by atoms with Crippen molar-refractivity contribution in [2.24, 2.45) is 0 Å². The first kappa shape index (κ1) is 14.0. The van der Waals surface area contributed by atoms with Crippen molar-refractivity contribution in [3.05, 3.63) is 52.9 Å². The third kappa shape index (κ3) is 2.19. The Hall–Kier alpha value is -1.60. The van der Waals surface area contributed by atoms with E-state index < -0.39 is 0 Å². The van der Waals surface area contributed by atoms with Gasteiger partial charge in [-0.1, -0.05) is 30.3 Å². The first-order chi connectivity index (χ1) is 10.8. The summed E-state index contributed by atoms with van der Waals surface area (Å²) in [6, 6.07) is 14.7. The number of rotatable bonds is 3. The first-order valence-corrected chi connectivity index (χ1v) is 8.82. The molecule has 1 aliphatic rings. The van der Waals surface area contributed by atoms with E-state index in [4.69, 9.17) is 4.74 Å². The minimum absolute atomic E-state index is 0.907. The number of nitrogens with one attached hydrogen (secondary N) is 1. The minimum atomic E-state index is 0.907. The van der Waals surface area contributed by atoms with E-state index in [9.17, 15) is 0 Å². The molecule has 0 saturated carbocycles. The van der Waals surface area contributed by atoms with Gasteiger partial charge in [-0.3, -0.25) is 0 Å². The number of ether oxygens (including phenoxy) is 1. The standard InChI is InChI=1S/C17H13IN2OS/c1-21-14-5-3-2-4-12(14)10-6-7-13-11(8-10)9-15-16(13)19-17(20-18)22-15/h2-8H,9H2,1H3,(H,19,20). The van der Waals surface area contributed by atoms with Gasteiger partial charge < -0.3 is 8.27 Å². The van der Waals surface area contributed by atoms with Crippen LogP contribution in [-0.4, -0.2) is 12.1 Å². The molecule has 3 aromatic rings. The molecule has 1 heterocycles. The van der Waals surface area contributed by atoms with E-state index in [-0.39, 0.29) is 0 Å². The smallest absolute Gasteiger partial charge is 0.192 e. The predicted molar refractivity (Wildman–Crippen MR) is 100.0 cm³/mol. The summed E-state index contributed by atoms with van der Waals surface area (Å²) in [5.41, 5.74) is 6.05. The number of thiazole rings is 1. The van der Waals surface area contributed by atoms with Crippen molar-refractivity contribution in [1.82, 2.24) is 4.98 Å². The number of halogens is 1. The van der Waals surface area contributed by atoms with Gasteiger partial charge in [-0.15, -0.1) is 11.3 Å². The summed E-state index contributed by atoms with van der Waals surface area (Å²) in [5.74, 6) is 0.907. The lowest BCUT2D eigenvalue weighted by molar-refractivity contribution is 0.416. The van der Waals surface area contributed by atoms with Crippen LogP contribution < -0.4 is 8.27 Å². The molecule has 4 rings (SSSR count). The second-order valence-corrected chi connectivity index (χ2v) is 6.76. The Bertz CT molecular complexity index is 860. The van der Waals surface area contributed by atoms with Crippen LogP contribution in [0.5, 0.6) is 5.75 Å². The molecular weight excluding hydrogens is 407 g/mol. The summed E-state index contributed by atoms with van der Waals surface area (Å²) < 4.78 is 8.58. The van der Waals surface area contributed by atoms with Crippen LogP contribution in [0.1, 0.15) is 10.4 Å². The highest BCUT2D eigenvalue weighted by molar-refractivity contribution is 14.1. The fraction of sp³-hybridized carbons (Fsp3) is 0.118. The quantitative estimate of drug-likeness (QED) is 0.368. The lowest BCUT2D eigenvalue weighted by Crippen LogP contribution is -1.89. The van der Waals surface area contributed by atoms with Crippen LogP contribution in [0.15, 0.2) is 42.5 Å². The zero-order chi connectivity index (χ0) is 15.1. The third-order valence-corrected chi connectivity index (χ3v) is 5.76. The summed E-state index contributed by atoms with van der Waals surface area (Å²) >= 11 is 3.86. The van der Waals surface area contributed by atoms with Crippen molar-refractivity contribution in [3.8, 4) is 28.1 Å². The number of aromatic nitrogens is 1. The number of hydrogen-bond donors (Lipinski definition) is 1. The van der Waals surface area contributed by atoms with Crippen molar-refractivity contribution >= 4 is 39.3 Å². The van der Waals surface area contributed by atoms with Gasteiger partial charge in [0.2, 0.25) is 0 Å². The zero-order valence-corrected chi connectivity index (χ0v) is 14.9. The van der Waals surface area contributed by atoms with E-state index in [0.717, 1.165) is 28.6 Å². The van der Waals surface area contributed by atoms with Gasteiger partial charge in [0, 0.05) is 22.4 Å². The van der Waals surface area contributed by atoms with Gasteiger partial charge in [-0.05, 0) is 23.3 Å². The van der Waals surface area contributed by atoms with E-state index in [1.165, 1.54) is 21.6 Å². The van der Waals surface area contributed by atoms with Gasteiger partial charge in [0.1, 0.15) is 5.75 Å². The fourth-order valence-electron chi connectivity index (χ4n) is 2.92. The number of anilines is 1. The minimum Gasteiger partial charge on any atom is -0.496 e. The number of fused-ring (bicyclic) bond motifs is 3. The molecule has 0 spiro atoms. The summed E-state index contributed by atoms with van der Waals surface area (Å²) in [7, 11) is 1.71. The van der Waals surface area contributed by atoms with E-state index in [1.807, 2.05) is 18.2 Å². The number of methoxy groups -OCH3 is 1. The third-order valence-electron chi connectivity index (χ3n) is 3.91. The molecule has 110 valence electrons. The van der Waals surface area contributed by atoms with Gasteiger partial charge in [-0.25, -0.2) is 4.98 Å². The monoisotopic (exact) mass is 420 g/mol. The first-order valence-electron chi connectivity index (χ1n) is 6.93. The summed E-state index contributed by atoms with van der Waals surface area (Å²) in [6.45, 7) is 0. The molecule has 0 radical (unpaired) electrons. The molecule has 1 N–H and O–H groups in total. The number of hydrogen-bond acceptors (Lipinski definition) is 4. The Balaban J connectivity index is 1.79. The molecular formula is C17H13IN2OS. The van der Waals surface area contributed by atoms with E-state index in [0.29, 0.717) is 0 Å². The molecule has 5 heteroatoms. The Morgan fingerprint density at radius 2 is 2.05 bits per heavy atom. The largest absolute Gasteiger partial charge is 0.496 e. The SMILES string of the molecule is COc1ccccc1-c1ccc2c(c1)Cc1sc(NI)nc1-2. The van der Waals surface area contributed by atoms with Gasteiger partial charge in [-0.2, -0.15) is 0 Å². The van der Waals surface area contributed by atoms with Crippen LogP contribution in [0.2, 0.25) is 0 Å². The van der Waals surface area contributed by atoms with Crippen molar-refractivity contribution < 1.29 is 4.74 Å². The van der Waals surface area contributed by atoms with Crippen molar-refractivity contribution in [2.75, 3.05) is 10.6 Å². The lowest BCUT2D eigenvalue weighted by atomic mass is 9.99. The van der Waals surface area contributed by atoms with Crippen LogP contribution in [0.25, 0.3) is 22.4 Å². The van der Waals surface area contributed by atoms with Crippen LogP contribution in [-0.2, 0) is 6.42 Å². The van der Waals surface area contributed by atoms with E-state index in [1.54, 1.807) is 18.4 Å². The second-order valence-electron chi connectivity index (χ2n) is 5.13. The number of benzene rings is 2. The van der Waals surface area contributed by atoms with Crippen molar-refractivity contribution in [2.45, 2.75) is 6.42 Å². The van der Waals surface area contributed by atoms with Gasteiger partial charge in [0.25, 0.3) is 0 Å². The molecule has 0 aliphatic heterocycles. The highest BCUT2D eigenvalue weighted by atomic mass is 127. The summed E-state index contributed by atoms with van der Waals surface area (Å²) in [6.07, 6.45) is 0.962. The van der Waals surface area contributed by atoms with Gasteiger partial charge in [0.15, 0.2) is 5.13 Å². The van der Waals surface area contributed by atoms with Gasteiger partial charge in [0.05, 0.1) is 35.7 Å². The average molecular weight is 420 g/mol. The Labute approximate surface area is 146 Å². The van der Waals surface area contributed by atoms with Crippen LogP contribution in [0.4, 0.5) is 5.13 Å². The Kier molecular flexibility index (Phi) is 3.54. The molecule has 0 saturated heterocycles. The maximum atomic E-state index is 5.48. The normalized spacial score (nSPS) is 11.9. The van der Waals surface area contributed by atoms with E-state index >= 15 is 0 Å². The topological polar surface area (TPSA) is 34.1 Å². The van der Waals surface area contributed by atoms with Crippen LogP contribution in [0, 0.1) is 0 Å². The molecule has 2 aromatic carbocycles. The molecule has 0 fully saturated rings. The van der Waals surface area contributed by atoms with Crippen molar-refractivity contribution in [3.63, 3.8) is 0 Å². The van der Waals surface area contributed by atoms with Crippen molar-refractivity contribution in [1.29, 1.82) is 0 Å². The number of nitrogens with zero attached hydrogens (tertiary/aromatic N) is 1. The molecule has 1 aliphatic carbocycles. The highest BCUT2D eigenvalue weighted by Gasteiger charge is 2.23. The lowest BCUT2D eigenvalue weighted by Gasteiger charge is -2.10. The highest BCUT2D eigenvalue weighted by Crippen LogP contribution is 2.43. The maximum Gasteiger partial charge on any atom is 0.192 e. The molecule has 0 atom stereocenters. The molecule has 22 heavy (non-hydrogen) atoms.